The zero-order valence-corrected chi connectivity index (χ0v) is 9.30. The maximum absolute atomic E-state index is 11.6. The van der Waals surface area contributed by atoms with Gasteiger partial charge in [-0.25, -0.2) is 9.36 Å². The van der Waals surface area contributed by atoms with Gasteiger partial charge in [0, 0.05) is 0 Å². The van der Waals surface area contributed by atoms with E-state index in [1.165, 1.54) is 0 Å². The number of aromatic amines is 1. The predicted octanol–water partition coefficient (Wildman–Crippen LogP) is 0.794. The Kier molecular flexibility index (Phi) is 2.82. The number of aromatic nitrogens is 2. The van der Waals surface area contributed by atoms with Gasteiger partial charge in [-0.05, 0) is 24.1 Å². The summed E-state index contributed by atoms with van der Waals surface area (Å²) in [5.74, 6) is -0.372. The molecule has 0 aliphatic heterocycles. The van der Waals surface area contributed by atoms with Crippen LogP contribution in [0, 0.1) is 0 Å². The quantitative estimate of drug-likeness (QED) is 0.804. The fourth-order valence-electron chi connectivity index (χ4n) is 1.61. The van der Waals surface area contributed by atoms with Gasteiger partial charge in [0.15, 0.2) is 0 Å². The van der Waals surface area contributed by atoms with E-state index in [2.05, 4.69) is 4.98 Å². The molecule has 2 aromatic rings. The van der Waals surface area contributed by atoms with Crippen molar-refractivity contribution in [1.82, 2.24) is 9.55 Å². The van der Waals surface area contributed by atoms with Gasteiger partial charge >= 0.3 is 5.69 Å². The molecule has 0 radical (unpaired) electrons. The van der Waals surface area contributed by atoms with Crippen LogP contribution in [-0.2, 0) is 6.42 Å². The normalized spacial score (nSPS) is 10.4. The molecule has 1 aromatic carbocycles. The number of H-pyrrole nitrogens is 1. The Hall–Kier alpha value is -2.30. The number of aromatic hydroxyl groups is 1. The van der Waals surface area contributed by atoms with E-state index in [1.807, 2.05) is 19.1 Å². The van der Waals surface area contributed by atoms with Crippen LogP contribution in [0.4, 0.5) is 0 Å². The van der Waals surface area contributed by atoms with Crippen molar-refractivity contribution in [3.05, 3.63) is 56.7 Å². The number of benzene rings is 1. The van der Waals surface area contributed by atoms with Crippen molar-refractivity contribution in [3.8, 4) is 11.6 Å². The second-order valence-electron chi connectivity index (χ2n) is 3.65. The third-order valence-corrected chi connectivity index (χ3v) is 2.53. The molecule has 0 unspecified atom stereocenters. The van der Waals surface area contributed by atoms with Crippen molar-refractivity contribution in [1.29, 1.82) is 0 Å². The lowest BCUT2D eigenvalue weighted by Gasteiger charge is -2.07. The fraction of sp³-hybridized carbons (Fsp3) is 0.167. The van der Waals surface area contributed by atoms with Gasteiger partial charge in [0.05, 0.1) is 11.8 Å². The molecule has 0 aliphatic rings. The Labute approximate surface area is 97.0 Å². The van der Waals surface area contributed by atoms with E-state index in [0.717, 1.165) is 22.6 Å². The molecule has 0 saturated carbocycles. The van der Waals surface area contributed by atoms with E-state index < -0.39 is 11.2 Å². The smallest absolute Gasteiger partial charge is 0.335 e. The van der Waals surface area contributed by atoms with Gasteiger partial charge in [0.25, 0.3) is 5.56 Å². The molecule has 1 aromatic heterocycles. The zero-order valence-electron chi connectivity index (χ0n) is 9.30. The van der Waals surface area contributed by atoms with Gasteiger partial charge in [-0.2, -0.15) is 0 Å². The van der Waals surface area contributed by atoms with Gasteiger partial charge in [-0.1, -0.05) is 19.1 Å². The summed E-state index contributed by atoms with van der Waals surface area (Å²) in [7, 11) is 0. The molecule has 0 fully saturated rings. The van der Waals surface area contributed by atoms with Crippen molar-refractivity contribution in [2.24, 2.45) is 0 Å². The summed E-state index contributed by atoms with van der Waals surface area (Å²) in [6.07, 6.45) is 0.896. The summed E-state index contributed by atoms with van der Waals surface area (Å²) in [4.78, 5) is 24.6. The molecule has 2 N–H and O–H groups in total. The topological polar surface area (TPSA) is 75.1 Å². The molecule has 5 heteroatoms. The van der Waals surface area contributed by atoms with E-state index in [4.69, 9.17) is 0 Å². The molecular weight excluding hydrogens is 220 g/mol. The Morgan fingerprint density at radius 2 is 1.88 bits per heavy atom. The maximum atomic E-state index is 11.6. The van der Waals surface area contributed by atoms with Crippen molar-refractivity contribution in [3.63, 3.8) is 0 Å². The maximum Gasteiger partial charge on any atom is 0.335 e. The molecule has 0 bridgehead atoms. The molecule has 0 atom stereocenters. The monoisotopic (exact) mass is 232 g/mol. The number of rotatable bonds is 2. The van der Waals surface area contributed by atoms with Gasteiger partial charge in [-0.15, -0.1) is 0 Å². The summed E-state index contributed by atoms with van der Waals surface area (Å²) < 4.78 is 1.04. The lowest BCUT2D eigenvalue weighted by Crippen LogP contribution is -2.27. The molecule has 0 amide bonds. The highest BCUT2D eigenvalue weighted by Crippen LogP contribution is 2.12. The van der Waals surface area contributed by atoms with Crippen LogP contribution in [-0.4, -0.2) is 14.7 Å². The minimum absolute atomic E-state index is 0.372. The first-order valence-corrected chi connectivity index (χ1v) is 5.26. The van der Waals surface area contributed by atoms with Gasteiger partial charge in [-0.3, -0.25) is 9.78 Å². The van der Waals surface area contributed by atoms with Crippen molar-refractivity contribution < 1.29 is 5.11 Å². The molecule has 5 nitrogen and oxygen atoms in total. The molecular formula is C12H12N2O3. The average molecular weight is 232 g/mol. The Balaban J connectivity index is 2.60. The largest absolute Gasteiger partial charge is 0.494 e. The second-order valence-corrected chi connectivity index (χ2v) is 3.65. The van der Waals surface area contributed by atoms with E-state index >= 15 is 0 Å². The van der Waals surface area contributed by atoms with Gasteiger partial charge < -0.3 is 5.11 Å². The van der Waals surface area contributed by atoms with E-state index in [-0.39, 0.29) is 5.88 Å². The van der Waals surface area contributed by atoms with Crippen LogP contribution < -0.4 is 11.2 Å². The second kappa shape index (κ2) is 4.29. The van der Waals surface area contributed by atoms with Crippen molar-refractivity contribution in [2.75, 3.05) is 0 Å². The highest BCUT2D eigenvalue weighted by molar-refractivity contribution is 5.37. The Bertz CT molecular complexity index is 638. The van der Waals surface area contributed by atoms with Crippen LogP contribution in [0.2, 0.25) is 0 Å². The minimum Gasteiger partial charge on any atom is -0.494 e. The molecule has 17 heavy (non-hydrogen) atoms. The number of hydrogen-bond donors (Lipinski definition) is 2. The summed E-state index contributed by atoms with van der Waals surface area (Å²) >= 11 is 0. The summed E-state index contributed by atoms with van der Waals surface area (Å²) in [5, 5.41) is 9.60. The van der Waals surface area contributed by atoms with Crippen LogP contribution in [0.1, 0.15) is 12.5 Å². The Morgan fingerprint density at radius 3 is 2.41 bits per heavy atom. The highest BCUT2D eigenvalue weighted by atomic mass is 16.3. The van der Waals surface area contributed by atoms with Gasteiger partial charge in [0.2, 0.25) is 5.88 Å². The summed E-state index contributed by atoms with van der Waals surface area (Å²) in [6.45, 7) is 2.03. The zero-order chi connectivity index (χ0) is 12.4. The van der Waals surface area contributed by atoms with Crippen molar-refractivity contribution in [2.45, 2.75) is 13.3 Å². The number of hydrogen-bond acceptors (Lipinski definition) is 3. The number of nitrogens with zero attached hydrogens (tertiary/aromatic N) is 1. The molecule has 2 rings (SSSR count). The number of nitrogens with one attached hydrogen (secondary N) is 1. The molecule has 0 spiro atoms. The van der Waals surface area contributed by atoms with Crippen LogP contribution in [0.15, 0.2) is 39.9 Å². The van der Waals surface area contributed by atoms with Crippen molar-refractivity contribution >= 4 is 0 Å². The van der Waals surface area contributed by atoms with Crippen LogP contribution in [0.3, 0.4) is 0 Å². The first kappa shape index (κ1) is 11.2. The first-order valence-electron chi connectivity index (χ1n) is 5.26. The SMILES string of the molecule is CCc1ccc(-n2c(O)cc(=O)[nH]c2=O)cc1. The van der Waals surface area contributed by atoms with Crippen LogP contribution in [0.25, 0.3) is 5.69 Å². The van der Waals surface area contributed by atoms with E-state index in [9.17, 15) is 14.7 Å². The van der Waals surface area contributed by atoms with Gasteiger partial charge in [0.1, 0.15) is 0 Å². The average Bonchev–Trinajstić information content (AvgIpc) is 2.28. The molecule has 0 saturated heterocycles. The lowest BCUT2D eigenvalue weighted by molar-refractivity contribution is 0.431. The lowest BCUT2D eigenvalue weighted by atomic mass is 10.1. The van der Waals surface area contributed by atoms with Crippen LogP contribution >= 0.6 is 0 Å². The molecule has 88 valence electrons. The summed E-state index contributed by atoms with van der Waals surface area (Å²) in [5.41, 5.74) is 0.375. The standard InChI is InChI=1S/C12H12N2O3/c1-2-8-3-5-9(6-4-8)14-11(16)7-10(15)13-12(14)17/h3-7,16H,2H2,1H3,(H,13,15,17). The highest BCUT2D eigenvalue weighted by Gasteiger charge is 2.06. The fourth-order valence-corrected chi connectivity index (χ4v) is 1.61. The molecule has 0 aliphatic carbocycles. The third-order valence-electron chi connectivity index (χ3n) is 2.53. The van der Waals surface area contributed by atoms with E-state index in [1.54, 1.807) is 12.1 Å². The Morgan fingerprint density at radius 1 is 1.24 bits per heavy atom. The first-order chi connectivity index (χ1) is 8.11. The predicted molar refractivity (Wildman–Crippen MR) is 63.7 cm³/mol. The van der Waals surface area contributed by atoms with E-state index in [0.29, 0.717) is 5.69 Å². The minimum atomic E-state index is -0.653. The van der Waals surface area contributed by atoms with Crippen LogP contribution in [0.5, 0.6) is 5.88 Å². The third kappa shape index (κ3) is 2.13. The molecule has 1 heterocycles. The number of aryl methyl sites for hydroxylation is 1. The summed E-state index contributed by atoms with van der Waals surface area (Å²) in [6, 6.07) is 8.14.